The lowest BCUT2D eigenvalue weighted by Crippen LogP contribution is -2.02. The standard InChI is InChI=1S/2HI.2H4N2/c;;2*1-2/h2*1H;2*1-2H2. The Bertz CT molecular complexity index is 5.51. The molecule has 0 rings (SSSR count). The third-order valence-electron chi connectivity index (χ3n) is 0. The molecule has 44 valence electrons. The smallest absolute Gasteiger partial charge is 0.107 e. The molecule has 6 heteroatoms. The maximum Gasteiger partial charge on any atom is -0.107 e. The summed E-state index contributed by atoms with van der Waals surface area (Å²) in [4.78, 5) is 0. The summed E-state index contributed by atoms with van der Waals surface area (Å²) >= 11 is 0. The SMILES string of the molecule is I.I.NN.NN. The van der Waals surface area contributed by atoms with E-state index in [0.29, 0.717) is 0 Å². The first-order chi connectivity index (χ1) is 2.00. The van der Waals surface area contributed by atoms with Gasteiger partial charge in [0.1, 0.15) is 0 Å². The highest BCUT2D eigenvalue weighted by Crippen LogP contribution is 0.887. The molecule has 6 heavy (non-hydrogen) atoms. The fraction of sp³-hybridized carbons (Fsp3) is 0. The zero-order valence-corrected chi connectivity index (χ0v) is 7.79. The predicted octanol–water partition coefficient (Wildman–Crippen LogP) is -1.13. The molecule has 0 aromatic carbocycles. The molecule has 0 aliphatic rings. The highest BCUT2D eigenvalue weighted by Gasteiger charge is 0.728. The third-order valence-corrected chi connectivity index (χ3v) is 0. The largest absolute Gasteiger partial charge is 0.274 e. The molecule has 0 heterocycles. The number of nitrogens with two attached hydrogens (primary N) is 4. The van der Waals surface area contributed by atoms with Gasteiger partial charge >= 0.3 is 0 Å². The Morgan fingerprint density at radius 1 is 0.500 bits per heavy atom. The van der Waals surface area contributed by atoms with Crippen LogP contribution < -0.4 is 23.4 Å². The van der Waals surface area contributed by atoms with Gasteiger partial charge in [-0.05, 0) is 0 Å². The number of hydrazine groups is 2. The van der Waals surface area contributed by atoms with Gasteiger partial charge in [0.15, 0.2) is 0 Å². The van der Waals surface area contributed by atoms with E-state index >= 15 is 0 Å². The Balaban J connectivity index is -0.00000000500. The molecule has 0 spiro atoms. The van der Waals surface area contributed by atoms with Gasteiger partial charge in [-0.1, -0.05) is 0 Å². The lowest BCUT2D eigenvalue weighted by molar-refractivity contribution is 1.26. The van der Waals surface area contributed by atoms with E-state index in [1.165, 1.54) is 0 Å². The van der Waals surface area contributed by atoms with Crippen LogP contribution in [0.1, 0.15) is 0 Å². The molecule has 0 radical (unpaired) electrons. The summed E-state index contributed by atoms with van der Waals surface area (Å²) in [6.45, 7) is 0. The van der Waals surface area contributed by atoms with Crippen molar-refractivity contribution >= 4 is 48.0 Å². The summed E-state index contributed by atoms with van der Waals surface area (Å²) in [6, 6.07) is 0. The van der Waals surface area contributed by atoms with E-state index in [1.807, 2.05) is 0 Å². The minimum absolute atomic E-state index is 0. The molecule has 0 atom stereocenters. The molecule has 0 saturated heterocycles. The van der Waals surface area contributed by atoms with Crippen LogP contribution in [0.4, 0.5) is 0 Å². The third kappa shape index (κ3) is 58.0. The van der Waals surface area contributed by atoms with Crippen LogP contribution in [-0.2, 0) is 0 Å². The Kier molecular flexibility index (Phi) is 464. The highest BCUT2D eigenvalue weighted by atomic mass is 127. The Labute approximate surface area is 71.0 Å². The molecule has 0 bridgehead atoms. The second-order valence-corrected chi connectivity index (χ2v) is 0. The second-order valence-electron chi connectivity index (χ2n) is 0. The van der Waals surface area contributed by atoms with Crippen molar-refractivity contribution in [1.29, 1.82) is 0 Å². The topological polar surface area (TPSA) is 104 Å². The van der Waals surface area contributed by atoms with E-state index in [9.17, 15) is 0 Å². The van der Waals surface area contributed by atoms with Gasteiger partial charge in [-0.3, -0.25) is 23.4 Å². The average molecular weight is 320 g/mol. The minimum Gasteiger partial charge on any atom is -0.274 e. The van der Waals surface area contributed by atoms with Gasteiger partial charge in [0.05, 0.1) is 0 Å². The first-order valence-corrected chi connectivity index (χ1v) is 0.667. The summed E-state index contributed by atoms with van der Waals surface area (Å²) in [5.41, 5.74) is 0. The van der Waals surface area contributed by atoms with Gasteiger partial charge in [0, 0.05) is 0 Å². The van der Waals surface area contributed by atoms with Crippen molar-refractivity contribution in [3.05, 3.63) is 0 Å². The Hall–Kier alpha value is 1.30. The molecule has 0 amide bonds. The number of hydrogen-bond donors (Lipinski definition) is 4. The van der Waals surface area contributed by atoms with Crippen molar-refractivity contribution in [2.24, 2.45) is 23.4 Å². The summed E-state index contributed by atoms with van der Waals surface area (Å²) in [6.07, 6.45) is 0. The van der Waals surface area contributed by atoms with Crippen LogP contribution in [0.25, 0.3) is 0 Å². The van der Waals surface area contributed by atoms with Gasteiger partial charge < -0.3 is 0 Å². The first kappa shape index (κ1) is 26.6. The summed E-state index contributed by atoms with van der Waals surface area (Å²) in [5.74, 6) is 16.0. The van der Waals surface area contributed by atoms with Gasteiger partial charge in [-0.2, -0.15) is 0 Å². The van der Waals surface area contributed by atoms with Crippen molar-refractivity contribution in [3.63, 3.8) is 0 Å². The molecular formula is H10I2N4. The minimum atomic E-state index is 0. The van der Waals surface area contributed by atoms with Crippen LogP contribution >= 0.6 is 48.0 Å². The van der Waals surface area contributed by atoms with E-state index in [0.717, 1.165) is 0 Å². The molecule has 0 aromatic rings. The normalized spacial score (nSPS) is 2.00. The average Bonchev–Trinajstić information content (AvgIpc) is 1.50. The zero-order valence-electron chi connectivity index (χ0n) is 3.13. The zero-order chi connectivity index (χ0) is 4.00. The fourth-order valence-corrected chi connectivity index (χ4v) is 0. The monoisotopic (exact) mass is 320 g/mol. The van der Waals surface area contributed by atoms with Gasteiger partial charge in [0.25, 0.3) is 0 Å². The number of hydrogen-bond acceptors (Lipinski definition) is 4. The number of rotatable bonds is 0. The molecule has 0 fully saturated rings. The molecule has 4 nitrogen and oxygen atoms in total. The summed E-state index contributed by atoms with van der Waals surface area (Å²) in [7, 11) is 0. The predicted molar refractivity (Wildman–Crippen MR) is 47.6 cm³/mol. The first-order valence-electron chi connectivity index (χ1n) is 0.667. The van der Waals surface area contributed by atoms with Gasteiger partial charge in [0.2, 0.25) is 0 Å². The fourth-order valence-electron chi connectivity index (χ4n) is 0. The van der Waals surface area contributed by atoms with Crippen LogP contribution in [0.2, 0.25) is 0 Å². The maximum atomic E-state index is 4.00. The maximum absolute atomic E-state index is 4.00. The molecule has 0 aliphatic heterocycles. The van der Waals surface area contributed by atoms with E-state index < -0.39 is 0 Å². The lowest BCUT2D eigenvalue weighted by Gasteiger charge is -1.27. The van der Waals surface area contributed by atoms with Crippen LogP contribution in [0.15, 0.2) is 0 Å². The second kappa shape index (κ2) is 105. The van der Waals surface area contributed by atoms with E-state index in [-0.39, 0.29) is 48.0 Å². The summed E-state index contributed by atoms with van der Waals surface area (Å²) < 4.78 is 0. The van der Waals surface area contributed by atoms with Crippen molar-refractivity contribution in [3.8, 4) is 0 Å². The molecule has 0 aliphatic carbocycles. The van der Waals surface area contributed by atoms with Crippen molar-refractivity contribution < 1.29 is 0 Å². The Morgan fingerprint density at radius 2 is 0.500 bits per heavy atom. The quantitative estimate of drug-likeness (QED) is 0.258. The van der Waals surface area contributed by atoms with Crippen LogP contribution in [0.3, 0.4) is 0 Å². The van der Waals surface area contributed by atoms with Crippen molar-refractivity contribution in [2.75, 3.05) is 0 Å². The van der Waals surface area contributed by atoms with Crippen LogP contribution in [0.5, 0.6) is 0 Å². The van der Waals surface area contributed by atoms with E-state index in [2.05, 4.69) is 23.4 Å². The van der Waals surface area contributed by atoms with E-state index in [1.54, 1.807) is 0 Å². The molecular weight excluding hydrogens is 310 g/mol. The molecule has 0 unspecified atom stereocenters. The van der Waals surface area contributed by atoms with Crippen molar-refractivity contribution in [1.82, 2.24) is 0 Å². The summed E-state index contributed by atoms with van der Waals surface area (Å²) in [5, 5.41) is 0. The molecule has 0 aromatic heterocycles. The van der Waals surface area contributed by atoms with E-state index in [4.69, 9.17) is 0 Å². The molecule has 0 saturated carbocycles. The van der Waals surface area contributed by atoms with Crippen molar-refractivity contribution in [2.45, 2.75) is 0 Å². The highest BCUT2D eigenvalue weighted by molar-refractivity contribution is 14.0. The van der Waals surface area contributed by atoms with Crippen LogP contribution in [0, 0.1) is 0 Å². The van der Waals surface area contributed by atoms with Gasteiger partial charge in [-0.15, -0.1) is 48.0 Å². The van der Waals surface area contributed by atoms with Gasteiger partial charge in [-0.25, -0.2) is 0 Å². The molecule has 8 N–H and O–H groups in total. The van der Waals surface area contributed by atoms with Crippen LogP contribution in [-0.4, -0.2) is 0 Å². The number of halogens is 2. The lowest BCUT2D eigenvalue weighted by atomic mass is 13.0. The Morgan fingerprint density at radius 3 is 0.500 bits per heavy atom.